The quantitative estimate of drug-likeness (QED) is 0.809. The number of hydrogen-bond donors (Lipinski definition) is 1. The van der Waals surface area contributed by atoms with Crippen molar-refractivity contribution in [2.75, 3.05) is 6.54 Å². The van der Waals surface area contributed by atoms with Gasteiger partial charge in [0.05, 0.1) is 17.2 Å². The molecule has 1 aromatic heterocycles. The van der Waals surface area contributed by atoms with Crippen LogP contribution in [-0.2, 0) is 13.6 Å². The molecule has 1 heterocycles. The predicted molar refractivity (Wildman–Crippen MR) is 59.0 cm³/mol. The molecule has 82 valence electrons. The lowest BCUT2D eigenvalue weighted by Crippen LogP contribution is -2.27. The van der Waals surface area contributed by atoms with Gasteiger partial charge in [-0.05, 0) is 20.8 Å². The highest BCUT2D eigenvalue weighted by Gasteiger charge is 2.15. The number of nitriles is 1. The molecule has 1 rings (SSSR count). The summed E-state index contributed by atoms with van der Waals surface area (Å²) in [5, 5.41) is 16.4. The van der Waals surface area contributed by atoms with E-state index in [2.05, 4.69) is 16.5 Å². The number of hydrogen-bond acceptors (Lipinski definition) is 3. The molecule has 15 heavy (non-hydrogen) atoms. The minimum atomic E-state index is -0.309. The maximum atomic E-state index is 8.84. The molecule has 0 aliphatic heterocycles. The highest BCUT2D eigenvalue weighted by Crippen LogP contribution is 2.11. The van der Waals surface area contributed by atoms with Gasteiger partial charge in [0.15, 0.2) is 0 Å². The van der Waals surface area contributed by atoms with Gasteiger partial charge >= 0.3 is 0 Å². The molecule has 0 saturated carbocycles. The van der Waals surface area contributed by atoms with Crippen LogP contribution in [0.4, 0.5) is 0 Å². The minimum Gasteiger partial charge on any atom is -0.311 e. The molecule has 0 saturated heterocycles. The lowest BCUT2D eigenvalue weighted by molar-refractivity contribution is 0.444. The number of nitrogens with zero attached hydrogens (tertiary/aromatic N) is 3. The van der Waals surface area contributed by atoms with Crippen molar-refractivity contribution < 1.29 is 0 Å². The van der Waals surface area contributed by atoms with Crippen LogP contribution in [0.3, 0.4) is 0 Å². The van der Waals surface area contributed by atoms with Crippen molar-refractivity contribution in [1.82, 2.24) is 15.1 Å². The van der Waals surface area contributed by atoms with Crippen molar-refractivity contribution in [3.05, 3.63) is 17.5 Å². The number of nitrogens with one attached hydrogen (secondary N) is 1. The Morgan fingerprint density at radius 1 is 1.60 bits per heavy atom. The zero-order valence-electron chi connectivity index (χ0n) is 9.83. The minimum absolute atomic E-state index is 0.309. The normalized spacial score (nSPS) is 11.4. The van der Waals surface area contributed by atoms with Crippen LogP contribution < -0.4 is 5.32 Å². The fourth-order valence-electron chi connectivity index (χ4n) is 1.37. The molecule has 0 spiro atoms. The van der Waals surface area contributed by atoms with E-state index >= 15 is 0 Å². The summed E-state index contributed by atoms with van der Waals surface area (Å²) >= 11 is 0. The molecule has 0 aliphatic rings. The van der Waals surface area contributed by atoms with E-state index in [9.17, 15) is 0 Å². The van der Waals surface area contributed by atoms with E-state index in [1.54, 1.807) is 0 Å². The molecule has 1 aromatic rings. The van der Waals surface area contributed by atoms with E-state index in [0.717, 1.165) is 12.2 Å². The average Bonchev–Trinajstić information content (AvgIpc) is 2.45. The van der Waals surface area contributed by atoms with Crippen LogP contribution in [0.25, 0.3) is 0 Å². The molecule has 0 fully saturated rings. The topological polar surface area (TPSA) is 53.6 Å². The van der Waals surface area contributed by atoms with Gasteiger partial charge in [0.2, 0.25) is 0 Å². The van der Waals surface area contributed by atoms with Gasteiger partial charge in [-0.1, -0.05) is 0 Å². The van der Waals surface area contributed by atoms with E-state index in [0.29, 0.717) is 6.54 Å². The van der Waals surface area contributed by atoms with E-state index in [4.69, 9.17) is 5.26 Å². The molecular formula is C11H18N4. The summed E-state index contributed by atoms with van der Waals surface area (Å²) in [5.41, 5.74) is 1.92. The Morgan fingerprint density at radius 2 is 2.27 bits per heavy atom. The van der Waals surface area contributed by atoms with Gasteiger partial charge in [0.25, 0.3) is 0 Å². The van der Waals surface area contributed by atoms with Crippen LogP contribution in [0, 0.1) is 23.7 Å². The molecule has 0 aromatic carbocycles. The van der Waals surface area contributed by atoms with Crippen LogP contribution >= 0.6 is 0 Å². The highest BCUT2D eigenvalue weighted by molar-refractivity contribution is 5.14. The van der Waals surface area contributed by atoms with Crippen LogP contribution in [0.1, 0.15) is 25.1 Å². The van der Waals surface area contributed by atoms with Crippen molar-refractivity contribution >= 4 is 0 Å². The van der Waals surface area contributed by atoms with E-state index in [1.165, 1.54) is 5.56 Å². The predicted octanol–water partition coefficient (Wildman–Crippen LogP) is 1.37. The van der Waals surface area contributed by atoms with Crippen molar-refractivity contribution in [3.63, 3.8) is 0 Å². The second kappa shape index (κ2) is 4.45. The fourth-order valence-corrected chi connectivity index (χ4v) is 1.37. The molecule has 0 amide bonds. The third-order valence-corrected chi connectivity index (χ3v) is 2.30. The second-order valence-electron chi connectivity index (χ2n) is 4.51. The third-order valence-electron chi connectivity index (χ3n) is 2.30. The SMILES string of the molecule is Cc1nn(C)cc1CNCC(C)(C)C#N. The summed E-state index contributed by atoms with van der Waals surface area (Å²) in [5.74, 6) is 0. The van der Waals surface area contributed by atoms with Gasteiger partial charge in [0, 0.05) is 31.9 Å². The first-order valence-corrected chi connectivity index (χ1v) is 5.06. The number of aromatic nitrogens is 2. The van der Waals surface area contributed by atoms with E-state index < -0.39 is 0 Å². The van der Waals surface area contributed by atoms with Crippen LogP contribution in [0.5, 0.6) is 0 Å². The zero-order chi connectivity index (χ0) is 11.5. The maximum Gasteiger partial charge on any atom is 0.0697 e. The van der Waals surface area contributed by atoms with Crippen molar-refractivity contribution in [3.8, 4) is 6.07 Å². The number of rotatable bonds is 4. The van der Waals surface area contributed by atoms with Crippen LogP contribution in [0.2, 0.25) is 0 Å². The molecule has 0 radical (unpaired) electrons. The first-order chi connectivity index (χ1) is 6.94. The lowest BCUT2D eigenvalue weighted by atomic mass is 9.96. The van der Waals surface area contributed by atoms with Gasteiger partial charge < -0.3 is 5.32 Å². The molecule has 4 nitrogen and oxygen atoms in total. The summed E-state index contributed by atoms with van der Waals surface area (Å²) in [4.78, 5) is 0. The number of aryl methyl sites for hydroxylation is 2. The molecule has 4 heteroatoms. The van der Waals surface area contributed by atoms with Crippen molar-refractivity contribution in [1.29, 1.82) is 5.26 Å². The molecular weight excluding hydrogens is 188 g/mol. The first-order valence-electron chi connectivity index (χ1n) is 5.06. The first kappa shape index (κ1) is 11.7. The standard InChI is InChI=1S/C11H18N4/c1-9-10(6-15(4)14-9)5-13-8-11(2,3)7-12/h6,13H,5,8H2,1-4H3. The summed E-state index contributed by atoms with van der Waals surface area (Å²) in [6, 6.07) is 2.26. The Balaban J connectivity index is 2.46. The fraction of sp³-hybridized carbons (Fsp3) is 0.636. The van der Waals surface area contributed by atoms with Gasteiger partial charge in [0.1, 0.15) is 0 Å². The summed E-state index contributed by atoms with van der Waals surface area (Å²) in [6.07, 6.45) is 2.00. The van der Waals surface area contributed by atoms with Crippen molar-refractivity contribution in [2.45, 2.75) is 27.3 Å². The smallest absolute Gasteiger partial charge is 0.0697 e. The Bertz CT molecular complexity index is 370. The van der Waals surface area contributed by atoms with Gasteiger partial charge in [-0.15, -0.1) is 0 Å². The molecule has 1 N–H and O–H groups in total. The largest absolute Gasteiger partial charge is 0.311 e. The molecule has 0 atom stereocenters. The highest BCUT2D eigenvalue weighted by atomic mass is 15.2. The molecule has 0 bridgehead atoms. The van der Waals surface area contributed by atoms with Gasteiger partial charge in [-0.3, -0.25) is 4.68 Å². The van der Waals surface area contributed by atoms with Crippen LogP contribution in [0.15, 0.2) is 6.20 Å². The molecule has 0 aliphatic carbocycles. The monoisotopic (exact) mass is 206 g/mol. The second-order valence-corrected chi connectivity index (χ2v) is 4.51. The summed E-state index contributed by atoms with van der Waals surface area (Å²) < 4.78 is 1.81. The Morgan fingerprint density at radius 3 is 2.73 bits per heavy atom. The summed E-state index contributed by atoms with van der Waals surface area (Å²) in [7, 11) is 1.91. The molecule has 0 unspecified atom stereocenters. The average molecular weight is 206 g/mol. The lowest BCUT2D eigenvalue weighted by Gasteiger charge is -2.15. The third kappa shape index (κ3) is 3.37. The Labute approximate surface area is 90.9 Å². The van der Waals surface area contributed by atoms with E-state index in [-0.39, 0.29) is 5.41 Å². The van der Waals surface area contributed by atoms with Gasteiger partial charge in [-0.2, -0.15) is 10.4 Å². The summed E-state index contributed by atoms with van der Waals surface area (Å²) in [6.45, 7) is 7.31. The maximum absolute atomic E-state index is 8.84. The Hall–Kier alpha value is -1.34. The van der Waals surface area contributed by atoms with Crippen LogP contribution in [-0.4, -0.2) is 16.3 Å². The van der Waals surface area contributed by atoms with Crippen molar-refractivity contribution in [2.24, 2.45) is 12.5 Å². The van der Waals surface area contributed by atoms with Gasteiger partial charge in [-0.25, -0.2) is 0 Å². The zero-order valence-corrected chi connectivity index (χ0v) is 9.83. The van der Waals surface area contributed by atoms with E-state index in [1.807, 2.05) is 38.7 Å². The Kier molecular flexibility index (Phi) is 3.48.